The van der Waals surface area contributed by atoms with Crippen molar-refractivity contribution in [1.29, 1.82) is 0 Å². The van der Waals surface area contributed by atoms with E-state index in [1.165, 1.54) is 12.1 Å². The minimum atomic E-state index is -3.79. The van der Waals surface area contributed by atoms with Crippen molar-refractivity contribution in [3.8, 4) is 0 Å². The van der Waals surface area contributed by atoms with Crippen LogP contribution in [-0.4, -0.2) is 18.2 Å². The molecule has 30 heavy (non-hydrogen) atoms. The molecule has 0 aliphatic carbocycles. The van der Waals surface area contributed by atoms with Gasteiger partial charge in [0.15, 0.2) is 0 Å². The van der Waals surface area contributed by atoms with E-state index >= 15 is 0 Å². The molecule has 5 nitrogen and oxygen atoms in total. The molecule has 0 fully saturated rings. The molecule has 0 saturated carbocycles. The van der Waals surface area contributed by atoms with Crippen LogP contribution in [0.3, 0.4) is 0 Å². The summed E-state index contributed by atoms with van der Waals surface area (Å²) >= 11 is 6.12. The number of benzene rings is 2. The molecule has 0 aliphatic heterocycles. The van der Waals surface area contributed by atoms with E-state index in [4.69, 9.17) is 11.6 Å². The van der Waals surface area contributed by atoms with Crippen molar-refractivity contribution >= 4 is 27.3 Å². The number of anilines is 1. The van der Waals surface area contributed by atoms with Crippen LogP contribution >= 0.6 is 11.6 Å². The Morgan fingerprint density at radius 3 is 2.43 bits per heavy atom. The second-order valence-corrected chi connectivity index (χ2v) is 9.48. The van der Waals surface area contributed by atoms with Gasteiger partial charge >= 0.3 is 0 Å². The zero-order valence-corrected chi connectivity index (χ0v) is 19.0. The van der Waals surface area contributed by atoms with Gasteiger partial charge in [0, 0.05) is 10.6 Å². The summed E-state index contributed by atoms with van der Waals surface area (Å²) in [5, 5.41) is 4.68. The van der Waals surface area contributed by atoms with E-state index in [2.05, 4.69) is 23.7 Å². The van der Waals surface area contributed by atoms with E-state index in [1.807, 2.05) is 12.1 Å². The van der Waals surface area contributed by atoms with E-state index in [-0.39, 0.29) is 11.4 Å². The molecule has 0 spiro atoms. The molecule has 0 radical (unpaired) electrons. The smallest absolute Gasteiger partial charge is 0.262 e. The summed E-state index contributed by atoms with van der Waals surface area (Å²) in [6.07, 6.45) is 0.980. The van der Waals surface area contributed by atoms with Crippen LogP contribution in [0.4, 0.5) is 10.1 Å². The summed E-state index contributed by atoms with van der Waals surface area (Å²) < 4.78 is 44.1. The molecule has 0 aliphatic rings. The zero-order chi connectivity index (χ0) is 22.1. The first kappa shape index (κ1) is 22.3. The van der Waals surface area contributed by atoms with Crippen molar-refractivity contribution in [2.24, 2.45) is 0 Å². The zero-order valence-electron chi connectivity index (χ0n) is 17.4. The third kappa shape index (κ3) is 4.52. The number of aryl methyl sites for hydroxylation is 1. The maximum absolute atomic E-state index is 14.1. The molecular weight excluding hydrogens is 425 g/mol. The van der Waals surface area contributed by atoms with Crippen LogP contribution in [0.15, 0.2) is 47.4 Å². The quantitative estimate of drug-likeness (QED) is 0.506. The first-order valence-corrected chi connectivity index (χ1v) is 11.6. The fraction of sp³-hybridized carbons (Fsp3) is 0.318. The van der Waals surface area contributed by atoms with Crippen LogP contribution in [0, 0.1) is 19.7 Å². The van der Waals surface area contributed by atoms with E-state index in [0.29, 0.717) is 33.6 Å². The average molecular weight is 450 g/mol. The van der Waals surface area contributed by atoms with Gasteiger partial charge in [0.1, 0.15) is 5.82 Å². The molecule has 1 aromatic heterocycles. The Balaban J connectivity index is 1.88. The Kier molecular flexibility index (Phi) is 6.53. The van der Waals surface area contributed by atoms with Gasteiger partial charge in [0.05, 0.1) is 28.5 Å². The molecule has 0 bridgehead atoms. The molecule has 1 unspecified atom stereocenters. The van der Waals surface area contributed by atoms with E-state index in [1.54, 1.807) is 36.7 Å². The SMILES string of the molecule is CCC(C)c1ccc(S(=O)(=O)Nc2c(C)nn(Cc3c(F)cccc3Cl)c2C)cc1. The Morgan fingerprint density at radius 1 is 1.17 bits per heavy atom. The van der Waals surface area contributed by atoms with Crippen molar-refractivity contribution in [3.05, 3.63) is 75.8 Å². The van der Waals surface area contributed by atoms with Gasteiger partial charge in [0.2, 0.25) is 0 Å². The summed E-state index contributed by atoms with van der Waals surface area (Å²) in [5.74, 6) is -0.0683. The molecule has 160 valence electrons. The van der Waals surface area contributed by atoms with Crippen molar-refractivity contribution in [2.45, 2.75) is 51.5 Å². The van der Waals surface area contributed by atoms with E-state index < -0.39 is 15.8 Å². The van der Waals surface area contributed by atoms with Crippen LogP contribution in [-0.2, 0) is 16.6 Å². The van der Waals surface area contributed by atoms with Gasteiger partial charge in [-0.05, 0) is 56.0 Å². The number of rotatable bonds is 7. The van der Waals surface area contributed by atoms with Crippen LogP contribution in [0.2, 0.25) is 5.02 Å². The molecule has 1 atom stereocenters. The molecular formula is C22H25ClFN3O2S. The molecule has 3 rings (SSSR count). The summed E-state index contributed by atoms with van der Waals surface area (Å²) in [7, 11) is -3.79. The highest BCUT2D eigenvalue weighted by molar-refractivity contribution is 7.92. The van der Waals surface area contributed by atoms with Gasteiger partial charge in [-0.15, -0.1) is 0 Å². The van der Waals surface area contributed by atoms with Gasteiger partial charge in [-0.2, -0.15) is 5.10 Å². The number of nitrogens with zero attached hydrogens (tertiary/aromatic N) is 2. The molecule has 2 aromatic carbocycles. The minimum absolute atomic E-state index is 0.101. The van der Waals surface area contributed by atoms with Crippen LogP contribution in [0.25, 0.3) is 0 Å². The first-order chi connectivity index (χ1) is 14.1. The van der Waals surface area contributed by atoms with Crippen molar-refractivity contribution in [2.75, 3.05) is 4.72 Å². The molecule has 0 saturated heterocycles. The van der Waals surface area contributed by atoms with Crippen LogP contribution < -0.4 is 4.72 Å². The molecule has 1 N–H and O–H groups in total. The third-order valence-electron chi connectivity index (χ3n) is 5.36. The Labute approximate surface area is 181 Å². The third-order valence-corrected chi connectivity index (χ3v) is 7.08. The van der Waals surface area contributed by atoms with Crippen LogP contribution in [0.1, 0.15) is 48.7 Å². The van der Waals surface area contributed by atoms with Crippen LogP contribution in [0.5, 0.6) is 0 Å². The number of hydrogen-bond donors (Lipinski definition) is 1. The van der Waals surface area contributed by atoms with Gasteiger partial charge in [0.25, 0.3) is 10.0 Å². The van der Waals surface area contributed by atoms with Gasteiger partial charge < -0.3 is 0 Å². The monoisotopic (exact) mass is 449 g/mol. The highest BCUT2D eigenvalue weighted by Gasteiger charge is 2.21. The number of halogens is 2. The van der Waals surface area contributed by atoms with Gasteiger partial charge in [-0.1, -0.05) is 43.6 Å². The number of hydrogen-bond acceptors (Lipinski definition) is 3. The maximum atomic E-state index is 14.1. The summed E-state index contributed by atoms with van der Waals surface area (Å²) in [5.41, 5.74) is 2.86. The largest absolute Gasteiger partial charge is 0.276 e. The second kappa shape index (κ2) is 8.78. The number of sulfonamides is 1. The summed E-state index contributed by atoms with van der Waals surface area (Å²) in [6, 6.07) is 11.4. The number of nitrogens with one attached hydrogen (secondary N) is 1. The standard InChI is InChI=1S/C22H25ClFN3O2S/c1-5-14(2)17-9-11-18(12-10-17)30(28,29)26-22-15(3)25-27(16(22)4)13-19-20(23)7-6-8-21(19)24/h6-12,14,26H,5,13H2,1-4H3. The maximum Gasteiger partial charge on any atom is 0.262 e. The fourth-order valence-corrected chi connectivity index (χ4v) is 4.64. The van der Waals surface area contributed by atoms with Crippen molar-refractivity contribution < 1.29 is 12.8 Å². The number of aromatic nitrogens is 2. The van der Waals surface area contributed by atoms with E-state index in [0.717, 1.165) is 12.0 Å². The molecule has 0 amide bonds. The minimum Gasteiger partial charge on any atom is -0.276 e. The predicted molar refractivity (Wildman–Crippen MR) is 118 cm³/mol. The lowest BCUT2D eigenvalue weighted by Crippen LogP contribution is -2.14. The average Bonchev–Trinajstić information content (AvgIpc) is 2.97. The normalized spacial score (nSPS) is 12.7. The van der Waals surface area contributed by atoms with Gasteiger partial charge in [-0.3, -0.25) is 9.40 Å². The lowest BCUT2D eigenvalue weighted by Gasteiger charge is -2.12. The first-order valence-electron chi connectivity index (χ1n) is 9.73. The predicted octanol–water partition coefficient (Wildman–Crippen LogP) is 5.66. The van der Waals surface area contributed by atoms with Crippen molar-refractivity contribution in [1.82, 2.24) is 9.78 Å². The Bertz CT molecular complexity index is 1140. The summed E-state index contributed by atoms with van der Waals surface area (Å²) in [4.78, 5) is 0.179. The van der Waals surface area contributed by atoms with Crippen molar-refractivity contribution in [3.63, 3.8) is 0 Å². The topological polar surface area (TPSA) is 64.0 Å². The van der Waals surface area contributed by atoms with E-state index in [9.17, 15) is 12.8 Å². The lowest BCUT2D eigenvalue weighted by atomic mass is 9.99. The molecule has 3 aromatic rings. The highest BCUT2D eigenvalue weighted by atomic mass is 35.5. The summed E-state index contributed by atoms with van der Waals surface area (Å²) in [6.45, 7) is 7.73. The second-order valence-electron chi connectivity index (χ2n) is 7.39. The Morgan fingerprint density at radius 2 is 1.83 bits per heavy atom. The highest BCUT2D eigenvalue weighted by Crippen LogP contribution is 2.27. The molecule has 8 heteroatoms. The van der Waals surface area contributed by atoms with Gasteiger partial charge in [-0.25, -0.2) is 12.8 Å². The Hall–Kier alpha value is -2.38. The fourth-order valence-electron chi connectivity index (χ4n) is 3.24. The molecule has 1 heterocycles. The lowest BCUT2D eigenvalue weighted by molar-refractivity contribution is 0.579.